The van der Waals surface area contributed by atoms with Gasteiger partial charge in [-0.15, -0.1) is 11.3 Å². The predicted molar refractivity (Wildman–Crippen MR) is 66.8 cm³/mol. The number of carbonyl (C=O) groups excluding carboxylic acids is 1. The van der Waals surface area contributed by atoms with Crippen molar-refractivity contribution in [3.63, 3.8) is 0 Å². The Morgan fingerprint density at radius 3 is 2.75 bits per heavy atom. The largest absolute Gasteiger partial charge is 0.397 e. The third-order valence-corrected chi connectivity index (χ3v) is 3.23. The first-order valence-electron chi connectivity index (χ1n) is 5.20. The van der Waals surface area contributed by atoms with E-state index in [2.05, 4.69) is 0 Å². The van der Waals surface area contributed by atoms with Crippen LogP contribution in [0.4, 0.5) is 5.69 Å². The maximum absolute atomic E-state index is 12.2. The smallest absolute Gasteiger partial charge is 0.266 e. The number of rotatable bonds is 5. The molecule has 0 saturated carbocycles. The molecular weight excluding hydrogens is 224 g/mol. The highest BCUT2D eigenvalue weighted by Crippen LogP contribution is 2.21. The zero-order valence-corrected chi connectivity index (χ0v) is 10.7. The molecule has 0 unspecified atom stereocenters. The molecule has 16 heavy (non-hydrogen) atoms. The van der Waals surface area contributed by atoms with Gasteiger partial charge in [-0.3, -0.25) is 4.79 Å². The number of carbonyl (C=O) groups is 1. The number of nitrogens with two attached hydrogens (primary N) is 1. The van der Waals surface area contributed by atoms with Gasteiger partial charge in [0.15, 0.2) is 0 Å². The second-order valence-corrected chi connectivity index (χ2v) is 4.71. The van der Waals surface area contributed by atoms with Gasteiger partial charge < -0.3 is 15.4 Å². The van der Waals surface area contributed by atoms with Gasteiger partial charge in [0.05, 0.1) is 12.3 Å². The Hall–Kier alpha value is -1.07. The summed E-state index contributed by atoms with van der Waals surface area (Å²) in [7, 11) is 1.63. The van der Waals surface area contributed by atoms with E-state index in [-0.39, 0.29) is 11.9 Å². The highest BCUT2D eigenvalue weighted by molar-refractivity contribution is 7.12. The topological polar surface area (TPSA) is 55.6 Å². The number of hydrogen-bond donors (Lipinski definition) is 1. The molecule has 1 aromatic heterocycles. The first-order chi connectivity index (χ1) is 7.57. The van der Waals surface area contributed by atoms with Gasteiger partial charge in [0.1, 0.15) is 4.88 Å². The van der Waals surface area contributed by atoms with Crippen LogP contribution in [0.5, 0.6) is 0 Å². The fourth-order valence-electron chi connectivity index (χ4n) is 1.41. The third-order valence-electron chi connectivity index (χ3n) is 2.31. The fraction of sp³-hybridized carbons (Fsp3) is 0.545. The lowest BCUT2D eigenvalue weighted by atomic mass is 10.2. The minimum absolute atomic E-state index is 0.0143. The molecule has 0 aliphatic heterocycles. The van der Waals surface area contributed by atoms with Crippen LogP contribution >= 0.6 is 11.3 Å². The molecule has 5 heteroatoms. The Kier molecular flexibility index (Phi) is 4.76. The molecule has 1 amide bonds. The van der Waals surface area contributed by atoms with E-state index in [9.17, 15) is 4.79 Å². The molecule has 0 atom stereocenters. The van der Waals surface area contributed by atoms with Crippen LogP contribution in [0.3, 0.4) is 0 Å². The maximum Gasteiger partial charge on any atom is 0.266 e. The summed E-state index contributed by atoms with van der Waals surface area (Å²) < 4.78 is 5.00. The van der Waals surface area contributed by atoms with Crippen LogP contribution < -0.4 is 5.73 Å². The van der Waals surface area contributed by atoms with E-state index < -0.39 is 0 Å². The van der Waals surface area contributed by atoms with Crippen LogP contribution in [0.25, 0.3) is 0 Å². The summed E-state index contributed by atoms with van der Waals surface area (Å²) in [6.45, 7) is 5.09. The molecule has 1 heterocycles. The average molecular weight is 242 g/mol. The Bertz CT molecular complexity index is 350. The lowest BCUT2D eigenvalue weighted by Crippen LogP contribution is -2.39. The van der Waals surface area contributed by atoms with Gasteiger partial charge in [-0.1, -0.05) is 0 Å². The molecule has 90 valence electrons. The SMILES string of the molecule is COCCN(C(=O)c1sccc1N)C(C)C. The molecule has 0 saturated heterocycles. The first kappa shape index (κ1) is 13.0. The van der Waals surface area contributed by atoms with Crippen LogP contribution in [-0.2, 0) is 4.74 Å². The van der Waals surface area contributed by atoms with Crippen molar-refractivity contribution in [2.45, 2.75) is 19.9 Å². The number of hydrogen-bond acceptors (Lipinski definition) is 4. The van der Waals surface area contributed by atoms with Crippen LogP contribution in [0.1, 0.15) is 23.5 Å². The molecule has 4 nitrogen and oxygen atoms in total. The van der Waals surface area contributed by atoms with Crippen molar-refractivity contribution in [1.82, 2.24) is 4.90 Å². The van der Waals surface area contributed by atoms with Crippen molar-refractivity contribution in [3.05, 3.63) is 16.3 Å². The first-order valence-corrected chi connectivity index (χ1v) is 6.08. The molecular formula is C11H18N2O2S. The highest BCUT2D eigenvalue weighted by atomic mass is 32.1. The van der Waals surface area contributed by atoms with Gasteiger partial charge in [0.25, 0.3) is 5.91 Å². The van der Waals surface area contributed by atoms with E-state index in [1.807, 2.05) is 19.2 Å². The van der Waals surface area contributed by atoms with E-state index >= 15 is 0 Å². The molecule has 0 fully saturated rings. The van der Waals surface area contributed by atoms with Crippen molar-refractivity contribution >= 4 is 22.9 Å². The summed E-state index contributed by atoms with van der Waals surface area (Å²) in [5.41, 5.74) is 6.29. The minimum atomic E-state index is -0.0143. The monoisotopic (exact) mass is 242 g/mol. The molecule has 0 bridgehead atoms. The zero-order valence-electron chi connectivity index (χ0n) is 9.90. The van der Waals surface area contributed by atoms with Crippen molar-refractivity contribution in [2.24, 2.45) is 0 Å². The molecule has 0 radical (unpaired) electrons. The van der Waals surface area contributed by atoms with E-state index in [4.69, 9.17) is 10.5 Å². The molecule has 0 spiro atoms. The number of anilines is 1. The van der Waals surface area contributed by atoms with Crippen molar-refractivity contribution < 1.29 is 9.53 Å². The minimum Gasteiger partial charge on any atom is -0.397 e. The highest BCUT2D eigenvalue weighted by Gasteiger charge is 2.21. The Balaban J connectivity index is 2.79. The third kappa shape index (κ3) is 2.96. The van der Waals surface area contributed by atoms with Gasteiger partial charge in [-0.05, 0) is 25.3 Å². The summed E-state index contributed by atoms with van der Waals surface area (Å²) in [5, 5.41) is 1.83. The van der Waals surface area contributed by atoms with Crippen molar-refractivity contribution in [1.29, 1.82) is 0 Å². The van der Waals surface area contributed by atoms with E-state index in [1.165, 1.54) is 11.3 Å². The van der Waals surface area contributed by atoms with Crippen molar-refractivity contribution in [2.75, 3.05) is 26.0 Å². The zero-order chi connectivity index (χ0) is 12.1. The lowest BCUT2D eigenvalue weighted by molar-refractivity contribution is 0.0641. The molecule has 2 N–H and O–H groups in total. The standard InChI is InChI=1S/C11H18N2O2S/c1-8(2)13(5-6-15-3)11(14)10-9(12)4-7-16-10/h4,7-8H,5-6,12H2,1-3H3. The molecule has 0 aliphatic carbocycles. The van der Waals surface area contributed by atoms with Gasteiger partial charge in [-0.2, -0.15) is 0 Å². The number of methoxy groups -OCH3 is 1. The number of thiophene rings is 1. The summed E-state index contributed by atoms with van der Waals surface area (Å²) in [6.07, 6.45) is 0. The van der Waals surface area contributed by atoms with E-state index in [0.29, 0.717) is 23.7 Å². The quantitative estimate of drug-likeness (QED) is 0.857. The van der Waals surface area contributed by atoms with Crippen LogP contribution in [0.2, 0.25) is 0 Å². The molecule has 1 aromatic rings. The molecule has 0 aliphatic rings. The van der Waals surface area contributed by atoms with Crippen LogP contribution in [0, 0.1) is 0 Å². The van der Waals surface area contributed by atoms with Crippen LogP contribution in [0.15, 0.2) is 11.4 Å². The Morgan fingerprint density at radius 1 is 1.62 bits per heavy atom. The van der Waals surface area contributed by atoms with Crippen molar-refractivity contribution in [3.8, 4) is 0 Å². The van der Waals surface area contributed by atoms with E-state index in [0.717, 1.165) is 0 Å². The lowest BCUT2D eigenvalue weighted by Gasteiger charge is -2.26. The summed E-state index contributed by atoms with van der Waals surface area (Å²) in [4.78, 5) is 14.6. The van der Waals surface area contributed by atoms with Gasteiger partial charge in [-0.25, -0.2) is 0 Å². The van der Waals surface area contributed by atoms with Gasteiger partial charge >= 0.3 is 0 Å². The van der Waals surface area contributed by atoms with Gasteiger partial charge in [0, 0.05) is 19.7 Å². The summed E-state index contributed by atoms with van der Waals surface area (Å²) in [5.74, 6) is -0.0143. The normalized spacial score (nSPS) is 10.8. The summed E-state index contributed by atoms with van der Waals surface area (Å²) >= 11 is 1.38. The number of ether oxygens (including phenoxy) is 1. The fourth-order valence-corrected chi connectivity index (χ4v) is 2.18. The second-order valence-electron chi connectivity index (χ2n) is 3.79. The average Bonchev–Trinajstić information content (AvgIpc) is 2.64. The molecule has 0 aromatic carbocycles. The van der Waals surface area contributed by atoms with Gasteiger partial charge in [0.2, 0.25) is 0 Å². The van der Waals surface area contributed by atoms with E-state index in [1.54, 1.807) is 18.1 Å². The predicted octanol–water partition coefficient (Wildman–Crippen LogP) is 1.83. The maximum atomic E-state index is 12.2. The molecule has 1 rings (SSSR count). The number of nitrogens with zero attached hydrogens (tertiary/aromatic N) is 1. The number of nitrogen functional groups attached to an aromatic ring is 1. The summed E-state index contributed by atoms with van der Waals surface area (Å²) in [6, 6.07) is 1.90. The number of amides is 1. The van der Waals surface area contributed by atoms with Crippen LogP contribution in [-0.4, -0.2) is 37.1 Å². The second kappa shape index (κ2) is 5.86. The Morgan fingerprint density at radius 2 is 2.31 bits per heavy atom. The Labute approximate surface area is 100 Å².